The highest BCUT2D eigenvalue weighted by atomic mass is 19.1. The summed E-state index contributed by atoms with van der Waals surface area (Å²) in [7, 11) is 0. The van der Waals surface area contributed by atoms with Crippen molar-refractivity contribution in [3.63, 3.8) is 0 Å². The molecule has 0 fully saturated rings. The number of rotatable bonds is 5. The zero-order valence-corrected chi connectivity index (χ0v) is 15.4. The number of hydrogen-bond acceptors (Lipinski definition) is 4. The van der Waals surface area contributed by atoms with Gasteiger partial charge in [-0.25, -0.2) is 4.39 Å². The molecule has 4 rings (SSSR count). The van der Waals surface area contributed by atoms with Crippen LogP contribution >= 0.6 is 0 Å². The predicted molar refractivity (Wildman–Crippen MR) is 104 cm³/mol. The molecular weight excluding hydrogens is 359 g/mol. The van der Waals surface area contributed by atoms with Gasteiger partial charge >= 0.3 is 0 Å². The maximum Gasteiger partial charge on any atom is 0.161 e. The Morgan fingerprint density at radius 1 is 1.04 bits per heavy atom. The van der Waals surface area contributed by atoms with Gasteiger partial charge in [0.15, 0.2) is 17.8 Å². The van der Waals surface area contributed by atoms with Crippen molar-refractivity contribution in [1.82, 2.24) is 0 Å². The highest BCUT2D eigenvalue weighted by molar-refractivity contribution is 5.75. The van der Waals surface area contributed by atoms with Crippen LogP contribution in [0, 0.1) is 12.7 Å². The van der Waals surface area contributed by atoms with Crippen LogP contribution in [0.3, 0.4) is 0 Å². The van der Waals surface area contributed by atoms with E-state index in [4.69, 9.17) is 14.2 Å². The van der Waals surface area contributed by atoms with Crippen molar-refractivity contribution in [1.29, 1.82) is 0 Å². The van der Waals surface area contributed by atoms with Gasteiger partial charge in [-0.3, -0.25) is 4.79 Å². The molecule has 3 aromatic rings. The molecule has 142 valence electrons. The first-order valence-electron chi connectivity index (χ1n) is 9.02. The summed E-state index contributed by atoms with van der Waals surface area (Å²) < 4.78 is 30.7. The normalized spacial score (nSPS) is 12.5. The number of aldehydes is 1. The molecular formula is C23H19FO4. The van der Waals surface area contributed by atoms with Crippen molar-refractivity contribution in [2.24, 2.45) is 0 Å². The maximum absolute atomic E-state index is 13.7. The maximum atomic E-state index is 13.7. The Kier molecular flexibility index (Phi) is 4.98. The van der Waals surface area contributed by atoms with E-state index in [0.29, 0.717) is 31.9 Å². The minimum Gasteiger partial charge on any atom is -0.489 e. The van der Waals surface area contributed by atoms with E-state index in [-0.39, 0.29) is 5.56 Å². The molecule has 3 aromatic carbocycles. The van der Waals surface area contributed by atoms with Gasteiger partial charge in [-0.2, -0.15) is 0 Å². The Bertz CT molecular complexity index is 1030. The van der Waals surface area contributed by atoms with Gasteiger partial charge in [0, 0.05) is 6.07 Å². The largest absolute Gasteiger partial charge is 0.489 e. The first-order valence-corrected chi connectivity index (χ1v) is 9.02. The van der Waals surface area contributed by atoms with Gasteiger partial charge in [0.05, 0.1) is 5.56 Å². The molecule has 0 unspecified atom stereocenters. The summed E-state index contributed by atoms with van der Waals surface area (Å²) in [6.07, 6.45) is 0.486. The smallest absolute Gasteiger partial charge is 0.161 e. The number of ether oxygens (including phenoxy) is 3. The number of carbonyl (C=O) groups excluding carboxylic acids is 1. The second-order valence-electron chi connectivity index (χ2n) is 6.54. The average Bonchev–Trinajstić information content (AvgIpc) is 2.73. The first kappa shape index (κ1) is 18.0. The number of halogens is 1. The molecule has 0 amide bonds. The molecule has 0 aliphatic carbocycles. The molecule has 4 nitrogen and oxygen atoms in total. The van der Waals surface area contributed by atoms with Crippen molar-refractivity contribution >= 4 is 6.29 Å². The van der Waals surface area contributed by atoms with Gasteiger partial charge < -0.3 is 14.2 Å². The average molecular weight is 378 g/mol. The van der Waals surface area contributed by atoms with E-state index in [2.05, 4.69) is 0 Å². The van der Waals surface area contributed by atoms with Crippen LogP contribution in [0.5, 0.6) is 17.2 Å². The molecule has 1 heterocycles. The van der Waals surface area contributed by atoms with E-state index in [1.165, 1.54) is 12.1 Å². The van der Waals surface area contributed by atoms with E-state index >= 15 is 0 Å². The quantitative estimate of drug-likeness (QED) is 0.589. The summed E-state index contributed by atoms with van der Waals surface area (Å²) in [5, 5.41) is 0. The van der Waals surface area contributed by atoms with E-state index in [9.17, 15) is 9.18 Å². The molecule has 0 atom stereocenters. The van der Waals surface area contributed by atoms with Gasteiger partial charge in [0.2, 0.25) is 0 Å². The summed E-state index contributed by atoms with van der Waals surface area (Å²) in [5.74, 6) is 1.30. The highest BCUT2D eigenvalue weighted by Gasteiger charge is 2.14. The van der Waals surface area contributed by atoms with Crippen LogP contribution < -0.4 is 14.2 Å². The molecule has 28 heavy (non-hydrogen) atoms. The topological polar surface area (TPSA) is 44.8 Å². The summed E-state index contributed by atoms with van der Waals surface area (Å²) in [4.78, 5) is 10.7. The zero-order valence-electron chi connectivity index (χ0n) is 15.4. The van der Waals surface area contributed by atoms with Crippen LogP contribution in [-0.4, -0.2) is 19.5 Å². The van der Waals surface area contributed by atoms with Crippen molar-refractivity contribution < 1.29 is 23.4 Å². The lowest BCUT2D eigenvalue weighted by Crippen LogP contribution is -2.15. The minimum absolute atomic E-state index is 0.0177. The van der Waals surface area contributed by atoms with E-state index in [1.807, 2.05) is 43.3 Å². The Hall–Kier alpha value is -3.34. The van der Waals surface area contributed by atoms with Crippen LogP contribution in [0.25, 0.3) is 11.1 Å². The minimum atomic E-state index is -0.589. The Balaban J connectivity index is 1.57. The van der Waals surface area contributed by atoms with Crippen LogP contribution in [-0.2, 0) is 6.61 Å². The van der Waals surface area contributed by atoms with Crippen molar-refractivity contribution in [3.8, 4) is 28.4 Å². The van der Waals surface area contributed by atoms with E-state index < -0.39 is 5.82 Å². The monoisotopic (exact) mass is 378 g/mol. The SMILES string of the molecule is Cc1c(COc2ccc(C=O)c(F)c2)cccc1-c1ccc2c(c1)OCCO2. The third kappa shape index (κ3) is 3.56. The fourth-order valence-corrected chi connectivity index (χ4v) is 3.22. The van der Waals surface area contributed by atoms with Crippen molar-refractivity contribution in [3.05, 3.63) is 77.1 Å². The van der Waals surface area contributed by atoms with E-state index in [1.54, 1.807) is 6.07 Å². The Morgan fingerprint density at radius 3 is 2.64 bits per heavy atom. The highest BCUT2D eigenvalue weighted by Crippen LogP contribution is 2.36. The van der Waals surface area contributed by atoms with Gasteiger partial charge in [0.1, 0.15) is 31.4 Å². The summed E-state index contributed by atoms with van der Waals surface area (Å²) in [6, 6.07) is 16.1. The van der Waals surface area contributed by atoms with Gasteiger partial charge in [-0.15, -0.1) is 0 Å². The van der Waals surface area contributed by atoms with Gasteiger partial charge in [0.25, 0.3) is 0 Å². The molecule has 0 radical (unpaired) electrons. The standard InChI is InChI=1S/C23H19FO4/c1-15-18(14-28-19-7-5-17(13-25)21(24)12-19)3-2-4-20(15)16-6-8-22-23(11-16)27-10-9-26-22/h2-8,11-13H,9-10,14H2,1H3. The fourth-order valence-electron chi connectivity index (χ4n) is 3.22. The summed E-state index contributed by atoms with van der Waals surface area (Å²) >= 11 is 0. The first-order chi connectivity index (χ1) is 13.7. The Morgan fingerprint density at radius 2 is 1.86 bits per heavy atom. The lowest BCUT2D eigenvalue weighted by Gasteiger charge is -2.19. The van der Waals surface area contributed by atoms with Crippen LogP contribution in [0.1, 0.15) is 21.5 Å². The third-order valence-electron chi connectivity index (χ3n) is 4.79. The predicted octanol–water partition coefficient (Wildman–Crippen LogP) is 4.96. The molecule has 5 heteroatoms. The molecule has 1 aliphatic heterocycles. The van der Waals surface area contributed by atoms with E-state index in [0.717, 1.165) is 33.8 Å². The van der Waals surface area contributed by atoms with Crippen LogP contribution in [0.2, 0.25) is 0 Å². The van der Waals surface area contributed by atoms with Crippen molar-refractivity contribution in [2.45, 2.75) is 13.5 Å². The number of hydrogen-bond donors (Lipinski definition) is 0. The zero-order chi connectivity index (χ0) is 19.5. The molecule has 0 aromatic heterocycles. The molecule has 0 saturated heterocycles. The number of carbonyl (C=O) groups is 1. The van der Waals surface area contributed by atoms with Crippen molar-refractivity contribution in [2.75, 3.05) is 13.2 Å². The summed E-state index contributed by atoms with van der Waals surface area (Å²) in [5.41, 5.74) is 4.19. The second-order valence-corrected chi connectivity index (χ2v) is 6.54. The Labute approximate surface area is 162 Å². The van der Waals surface area contributed by atoms with Gasteiger partial charge in [-0.05, 0) is 53.4 Å². The van der Waals surface area contributed by atoms with Crippen LogP contribution in [0.15, 0.2) is 54.6 Å². The lowest BCUT2D eigenvalue weighted by molar-refractivity contribution is 0.111. The number of benzene rings is 3. The van der Waals surface area contributed by atoms with Gasteiger partial charge in [-0.1, -0.05) is 24.3 Å². The molecule has 0 saturated carbocycles. The molecule has 0 bridgehead atoms. The molecule has 1 aliphatic rings. The number of fused-ring (bicyclic) bond motifs is 1. The third-order valence-corrected chi connectivity index (χ3v) is 4.79. The van der Waals surface area contributed by atoms with Crippen LogP contribution in [0.4, 0.5) is 4.39 Å². The fraction of sp³-hybridized carbons (Fsp3) is 0.174. The second kappa shape index (κ2) is 7.72. The lowest BCUT2D eigenvalue weighted by atomic mass is 9.96. The summed E-state index contributed by atoms with van der Waals surface area (Å²) in [6.45, 7) is 3.43. The molecule has 0 spiro atoms. The molecule has 0 N–H and O–H groups in total.